The van der Waals surface area contributed by atoms with Gasteiger partial charge in [-0.1, -0.05) is 48.0 Å². The molecule has 0 fully saturated rings. The first-order valence-corrected chi connectivity index (χ1v) is 13.4. The van der Waals surface area contributed by atoms with Crippen molar-refractivity contribution in [2.45, 2.75) is 38.7 Å². The minimum atomic E-state index is -2.68. The number of aryl methyl sites for hydroxylation is 2. The number of anilines is 2. The summed E-state index contributed by atoms with van der Waals surface area (Å²) in [6, 6.07) is 22.8. The van der Waals surface area contributed by atoms with E-state index in [1.54, 1.807) is 0 Å². The van der Waals surface area contributed by atoms with Gasteiger partial charge in [0.25, 0.3) is 0 Å². The second-order valence-electron chi connectivity index (χ2n) is 8.39. The Hall–Kier alpha value is -3.25. The molecule has 0 heterocycles. The molecule has 5 nitrogen and oxygen atoms in total. The number of amides is 1. The Morgan fingerprint density at radius 3 is 2.24 bits per heavy atom. The lowest BCUT2D eigenvalue weighted by Crippen LogP contribution is -2.24. The predicted octanol–water partition coefficient (Wildman–Crippen LogP) is 6.21. The molecule has 0 saturated carbocycles. The van der Waals surface area contributed by atoms with Crippen molar-refractivity contribution in [1.29, 1.82) is 0 Å². The van der Waals surface area contributed by atoms with E-state index in [2.05, 4.69) is 36.0 Å². The molecule has 1 N–H and O–H groups in total. The maximum Gasteiger partial charge on any atom is 0.412 e. The van der Waals surface area contributed by atoms with Crippen LogP contribution in [0, 0.1) is 13.8 Å². The number of ether oxygens (including phenoxy) is 1. The lowest BCUT2D eigenvalue weighted by molar-refractivity contribution is 0.123. The van der Waals surface area contributed by atoms with Crippen LogP contribution in [0.3, 0.4) is 0 Å². The van der Waals surface area contributed by atoms with Crippen LogP contribution in [0.15, 0.2) is 77.7 Å². The van der Waals surface area contributed by atoms with Crippen LogP contribution in [0.4, 0.5) is 16.2 Å². The van der Waals surface area contributed by atoms with Crippen LogP contribution in [0.25, 0.3) is 0 Å². The van der Waals surface area contributed by atoms with Crippen molar-refractivity contribution >= 4 is 32.9 Å². The van der Waals surface area contributed by atoms with Crippen molar-refractivity contribution in [3.63, 3.8) is 0 Å². The molecule has 0 saturated heterocycles. The van der Waals surface area contributed by atoms with E-state index in [1.165, 1.54) is 0 Å². The smallest absolute Gasteiger partial charge is 0.412 e. The first-order valence-electron chi connectivity index (χ1n) is 11.5. The van der Waals surface area contributed by atoms with Gasteiger partial charge in [-0.25, -0.2) is 4.79 Å². The molecule has 0 bridgehead atoms. The normalized spacial score (nSPS) is 13.5. The Morgan fingerprint density at radius 1 is 1.00 bits per heavy atom. The Morgan fingerprint density at radius 2 is 1.65 bits per heavy atom. The van der Waals surface area contributed by atoms with Gasteiger partial charge in [0.2, 0.25) is 0 Å². The molecule has 3 aromatic rings. The fraction of sp³-hybridized carbons (Fsp3) is 0.286. The summed E-state index contributed by atoms with van der Waals surface area (Å²) in [6.07, 6.45) is -1.30. The third kappa shape index (κ3) is 6.41. The molecule has 0 radical (unpaired) electrons. The Labute approximate surface area is 203 Å². The first-order chi connectivity index (χ1) is 16.2. The quantitative estimate of drug-likeness (QED) is 0.371. The number of rotatable bonds is 9. The van der Waals surface area contributed by atoms with Crippen LogP contribution in [0.2, 0.25) is 0 Å². The van der Waals surface area contributed by atoms with Crippen LogP contribution >= 0.6 is 0 Å². The number of benzene rings is 3. The molecule has 180 valence electrons. The zero-order valence-corrected chi connectivity index (χ0v) is 21.2. The van der Waals surface area contributed by atoms with Crippen LogP contribution < -0.4 is 10.2 Å². The lowest BCUT2D eigenvalue weighted by atomic mass is 10.1. The van der Waals surface area contributed by atoms with Gasteiger partial charge in [-0.3, -0.25) is 9.53 Å². The topological polar surface area (TPSA) is 58.6 Å². The van der Waals surface area contributed by atoms with Crippen LogP contribution in [-0.2, 0) is 14.3 Å². The Kier molecular flexibility index (Phi) is 8.40. The molecule has 2 unspecified atom stereocenters. The summed E-state index contributed by atoms with van der Waals surface area (Å²) in [6.45, 7) is 9.99. The molecular weight excluding hydrogens is 444 g/mol. The third-order valence-corrected chi connectivity index (χ3v) is 7.84. The standard InChI is InChI=1S/C28H34N2O3S/c1-6-30(7-2)24-15-18-26(22(4)19-24)29-28(31)33-27(23-11-9-8-10-12-23)20-34(5,32)25-16-13-21(3)14-17-25/h8-19,27H,5-7,20H2,1-4H3,(H,29,31). The SMILES string of the molecule is C=S(=O)(CC(OC(=O)Nc1ccc(N(CC)CC)cc1C)c1ccccc1)c1ccc(C)cc1. The van der Waals surface area contributed by atoms with Crippen molar-refractivity contribution in [1.82, 2.24) is 0 Å². The van der Waals surface area contributed by atoms with E-state index in [0.717, 1.165) is 35.5 Å². The molecule has 0 aliphatic heterocycles. The number of hydrogen-bond acceptors (Lipinski definition) is 4. The molecule has 6 heteroatoms. The highest BCUT2D eigenvalue weighted by atomic mass is 32.2. The summed E-state index contributed by atoms with van der Waals surface area (Å²) in [5, 5.41) is 2.85. The highest BCUT2D eigenvalue weighted by molar-refractivity contribution is 8.00. The molecule has 0 spiro atoms. The van der Waals surface area contributed by atoms with E-state index in [0.29, 0.717) is 10.6 Å². The summed E-state index contributed by atoms with van der Waals surface area (Å²) in [5.41, 5.74) is 4.59. The summed E-state index contributed by atoms with van der Waals surface area (Å²) >= 11 is 0. The molecule has 1 amide bonds. The van der Waals surface area contributed by atoms with Gasteiger partial charge >= 0.3 is 6.09 Å². The molecule has 0 aliphatic rings. The van der Waals surface area contributed by atoms with E-state index < -0.39 is 21.7 Å². The third-order valence-electron chi connectivity index (χ3n) is 5.87. The monoisotopic (exact) mass is 478 g/mol. The second-order valence-corrected chi connectivity index (χ2v) is 10.8. The van der Waals surface area contributed by atoms with Gasteiger partial charge in [0.15, 0.2) is 0 Å². The number of nitrogens with one attached hydrogen (secondary N) is 1. The minimum Gasteiger partial charge on any atom is -0.440 e. The van der Waals surface area contributed by atoms with Gasteiger partial charge < -0.3 is 9.64 Å². The molecular formula is C28H34N2O3S. The van der Waals surface area contributed by atoms with Gasteiger partial charge in [-0.15, -0.1) is 0 Å². The number of carbonyl (C=O) groups is 1. The fourth-order valence-corrected chi connectivity index (χ4v) is 5.41. The zero-order chi connectivity index (χ0) is 24.7. The number of hydrogen-bond donors (Lipinski definition) is 1. The molecule has 3 aromatic carbocycles. The predicted molar refractivity (Wildman–Crippen MR) is 144 cm³/mol. The minimum absolute atomic E-state index is 0.0906. The average molecular weight is 479 g/mol. The lowest BCUT2D eigenvalue weighted by Gasteiger charge is -2.23. The average Bonchev–Trinajstić information content (AvgIpc) is 2.82. The molecule has 0 aliphatic carbocycles. The Bertz CT molecular complexity index is 1200. The highest BCUT2D eigenvalue weighted by Gasteiger charge is 2.23. The Balaban J connectivity index is 1.79. The summed E-state index contributed by atoms with van der Waals surface area (Å²) < 4.78 is 19.3. The van der Waals surface area contributed by atoms with Gasteiger partial charge in [0.05, 0.1) is 5.75 Å². The van der Waals surface area contributed by atoms with Gasteiger partial charge in [-0.2, -0.15) is 0 Å². The zero-order valence-electron chi connectivity index (χ0n) is 20.4. The largest absolute Gasteiger partial charge is 0.440 e. The van der Waals surface area contributed by atoms with Gasteiger partial charge in [0.1, 0.15) is 6.10 Å². The summed E-state index contributed by atoms with van der Waals surface area (Å²) in [5.74, 6) is 4.08. The summed E-state index contributed by atoms with van der Waals surface area (Å²) in [4.78, 5) is 15.8. The summed E-state index contributed by atoms with van der Waals surface area (Å²) in [7, 11) is -2.68. The van der Waals surface area contributed by atoms with E-state index in [4.69, 9.17) is 4.74 Å². The molecule has 34 heavy (non-hydrogen) atoms. The van der Waals surface area contributed by atoms with Crippen molar-refractivity contribution in [2.24, 2.45) is 0 Å². The van der Waals surface area contributed by atoms with Crippen molar-refractivity contribution in [3.8, 4) is 0 Å². The van der Waals surface area contributed by atoms with Crippen molar-refractivity contribution < 1.29 is 13.7 Å². The van der Waals surface area contributed by atoms with Crippen molar-refractivity contribution in [2.75, 3.05) is 29.1 Å². The fourth-order valence-electron chi connectivity index (χ4n) is 3.84. The van der Waals surface area contributed by atoms with E-state index in [-0.39, 0.29) is 5.75 Å². The van der Waals surface area contributed by atoms with E-state index >= 15 is 0 Å². The van der Waals surface area contributed by atoms with Gasteiger partial charge in [0, 0.05) is 29.4 Å². The number of nitrogens with zero attached hydrogens (tertiary/aromatic N) is 1. The van der Waals surface area contributed by atoms with Crippen LogP contribution in [0.5, 0.6) is 0 Å². The van der Waals surface area contributed by atoms with E-state index in [1.807, 2.05) is 80.6 Å². The number of carbonyl (C=O) groups excluding carboxylic acids is 1. The maximum atomic E-state index is 13.5. The van der Waals surface area contributed by atoms with Crippen molar-refractivity contribution in [3.05, 3.63) is 89.5 Å². The molecule has 3 rings (SSSR count). The van der Waals surface area contributed by atoms with Gasteiger partial charge in [-0.05, 0) is 84.5 Å². The molecule has 2 atom stereocenters. The molecule has 0 aromatic heterocycles. The van der Waals surface area contributed by atoms with E-state index in [9.17, 15) is 9.00 Å². The first kappa shape index (κ1) is 25.4. The van der Waals surface area contributed by atoms with Crippen LogP contribution in [-0.4, -0.2) is 35.0 Å². The second kappa shape index (κ2) is 11.3. The maximum absolute atomic E-state index is 13.5. The highest BCUT2D eigenvalue weighted by Crippen LogP contribution is 2.26. The van der Waals surface area contributed by atoms with Crippen LogP contribution in [0.1, 0.15) is 36.6 Å².